The lowest BCUT2D eigenvalue weighted by atomic mass is 10.0. The summed E-state index contributed by atoms with van der Waals surface area (Å²) in [6, 6.07) is -0.559. The Morgan fingerprint density at radius 2 is 2.05 bits per heavy atom. The van der Waals surface area contributed by atoms with E-state index in [1.54, 1.807) is 11.5 Å². The van der Waals surface area contributed by atoms with E-state index in [4.69, 9.17) is 9.84 Å². The number of methoxy groups -OCH3 is 1. The summed E-state index contributed by atoms with van der Waals surface area (Å²) in [5.41, 5.74) is 0. The predicted molar refractivity (Wildman–Crippen MR) is 69.0 cm³/mol. The summed E-state index contributed by atoms with van der Waals surface area (Å²) in [6.45, 7) is 5.48. The Morgan fingerprint density at radius 1 is 1.42 bits per heavy atom. The Morgan fingerprint density at radius 3 is 2.53 bits per heavy atom. The third-order valence-corrected chi connectivity index (χ3v) is 3.44. The molecular weight excluding hydrogens is 270 g/mol. The molecule has 1 heterocycles. The fourth-order valence-electron chi connectivity index (χ4n) is 1.69. The first-order valence-corrected chi connectivity index (χ1v) is 6.71. The second kappa shape index (κ2) is 6.55. The summed E-state index contributed by atoms with van der Waals surface area (Å²) in [6.07, 6.45) is 0. The SMILES string of the molecule is COC(=O)C(C(C)C)n1c(C)nnc1SCC(=O)O. The number of carboxylic acids is 1. The molecule has 0 aliphatic heterocycles. The number of carboxylic acid groups (broad SMARTS) is 1. The number of ether oxygens (including phenoxy) is 1. The van der Waals surface area contributed by atoms with Crippen LogP contribution in [0.2, 0.25) is 0 Å². The molecule has 1 rings (SSSR count). The molecule has 0 spiro atoms. The van der Waals surface area contributed by atoms with Crippen molar-refractivity contribution in [2.45, 2.75) is 32.0 Å². The van der Waals surface area contributed by atoms with Gasteiger partial charge in [-0.15, -0.1) is 10.2 Å². The molecule has 1 aromatic heterocycles. The molecule has 1 N–H and O–H groups in total. The zero-order valence-corrected chi connectivity index (χ0v) is 12.1. The van der Waals surface area contributed by atoms with Crippen molar-refractivity contribution in [2.75, 3.05) is 12.9 Å². The number of aliphatic carboxylic acids is 1. The van der Waals surface area contributed by atoms with E-state index >= 15 is 0 Å². The molecule has 106 valence electrons. The van der Waals surface area contributed by atoms with Crippen LogP contribution < -0.4 is 0 Å². The minimum atomic E-state index is -0.948. The van der Waals surface area contributed by atoms with Gasteiger partial charge in [-0.05, 0) is 12.8 Å². The molecule has 1 aromatic rings. The maximum Gasteiger partial charge on any atom is 0.329 e. The van der Waals surface area contributed by atoms with Crippen molar-refractivity contribution in [1.82, 2.24) is 14.8 Å². The Bertz CT molecular complexity index is 473. The highest BCUT2D eigenvalue weighted by Crippen LogP contribution is 2.27. The average Bonchev–Trinajstić information content (AvgIpc) is 2.68. The minimum absolute atomic E-state index is 0.0219. The fourth-order valence-corrected chi connectivity index (χ4v) is 2.43. The van der Waals surface area contributed by atoms with Crippen LogP contribution in [0.15, 0.2) is 5.16 Å². The number of hydrogen-bond acceptors (Lipinski definition) is 6. The van der Waals surface area contributed by atoms with Gasteiger partial charge in [-0.2, -0.15) is 0 Å². The van der Waals surface area contributed by atoms with Gasteiger partial charge >= 0.3 is 11.9 Å². The Kier molecular flexibility index (Phi) is 5.34. The van der Waals surface area contributed by atoms with Gasteiger partial charge in [-0.25, -0.2) is 4.79 Å². The van der Waals surface area contributed by atoms with Crippen LogP contribution in [-0.2, 0) is 14.3 Å². The van der Waals surface area contributed by atoms with E-state index in [9.17, 15) is 9.59 Å². The van der Waals surface area contributed by atoms with E-state index in [0.717, 1.165) is 11.8 Å². The third kappa shape index (κ3) is 3.69. The number of carbonyl (C=O) groups is 2. The number of esters is 1. The number of rotatable bonds is 6. The van der Waals surface area contributed by atoms with Crippen LogP contribution in [-0.4, -0.2) is 44.7 Å². The van der Waals surface area contributed by atoms with Crippen molar-refractivity contribution in [3.8, 4) is 0 Å². The van der Waals surface area contributed by atoms with Gasteiger partial charge in [0.1, 0.15) is 11.9 Å². The molecule has 0 bridgehead atoms. The molecule has 0 amide bonds. The van der Waals surface area contributed by atoms with E-state index in [2.05, 4.69) is 10.2 Å². The van der Waals surface area contributed by atoms with Crippen LogP contribution in [0.25, 0.3) is 0 Å². The van der Waals surface area contributed by atoms with Crippen LogP contribution in [0.5, 0.6) is 0 Å². The Hall–Kier alpha value is -1.57. The summed E-state index contributed by atoms with van der Waals surface area (Å²) < 4.78 is 6.42. The molecular formula is C11H17N3O4S. The molecule has 0 fully saturated rings. The van der Waals surface area contributed by atoms with Crippen LogP contribution >= 0.6 is 11.8 Å². The topological polar surface area (TPSA) is 94.3 Å². The van der Waals surface area contributed by atoms with Gasteiger partial charge in [0.2, 0.25) is 0 Å². The molecule has 19 heavy (non-hydrogen) atoms. The molecule has 0 aromatic carbocycles. The molecule has 0 radical (unpaired) electrons. The number of aryl methyl sites for hydroxylation is 1. The lowest BCUT2D eigenvalue weighted by molar-refractivity contribution is -0.146. The smallest absolute Gasteiger partial charge is 0.329 e. The normalized spacial score (nSPS) is 12.5. The van der Waals surface area contributed by atoms with Gasteiger partial charge in [0.25, 0.3) is 0 Å². The summed E-state index contributed by atoms with van der Waals surface area (Å²) in [5, 5.41) is 16.9. The van der Waals surface area contributed by atoms with Gasteiger partial charge in [0.15, 0.2) is 5.16 Å². The molecule has 7 nitrogen and oxygen atoms in total. The lowest BCUT2D eigenvalue weighted by Crippen LogP contribution is -2.27. The Labute approximate surface area is 115 Å². The summed E-state index contributed by atoms with van der Waals surface area (Å²) >= 11 is 1.03. The molecule has 8 heteroatoms. The van der Waals surface area contributed by atoms with Gasteiger partial charge in [-0.1, -0.05) is 25.6 Å². The molecule has 0 aliphatic carbocycles. The zero-order valence-electron chi connectivity index (χ0n) is 11.3. The third-order valence-electron chi connectivity index (χ3n) is 2.51. The van der Waals surface area contributed by atoms with Crippen molar-refractivity contribution in [1.29, 1.82) is 0 Å². The van der Waals surface area contributed by atoms with Gasteiger partial charge in [-0.3, -0.25) is 9.36 Å². The fraction of sp³-hybridized carbons (Fsp3) is 0.636. The van der Waals surface area contributed by atoms with Crippen LogP contribution in [0.1, 0.15) is 25.7 Å². The summed E-state index contributed by atoms with van der Waals surface area (Å²) in [7, 11) is 1.32. The highest BCUT2D eigenvalue weighted by Gasteiger charge is 2.29. The van der Waals surface area contributed by atoms with Crippen molar-refractivity contribution in [3.63, 3.8) is 0 Å². The van der Waals surface area contributed by atoms with E-state index < -0.39 is 18.0 Å². The quantitative estimate of drug-likeness (QED) is 0.619. The average molecular weight is 287 g/mol. The van der Waals surface area contributed by atoms with Crippen LogP contribution in [0.4, 0.5) is 0 Å². The lowest BCUT2D eigenvalue weighted by Gasteiger charge is -2.22. The van der Waals surface area contributed by atoms with Crippen molar-refractivity contribution in [3.05, 3.63) is 5.82 Å². The molecule has 0 saturated carbocycles. The molecule has 1 unspecified atom stereocenters. The van der Waals surface area contributed by atoms with Crippen molar-refractivity contribution < 1.29 is 19.4 Å². The van der Waals surface area contributed by atoms with Crippen molar-refractivity contribution >= 4 is 23.7 Å². The van der Waals surface area contributed by atoms with E-state index in [-0.39, 0.29) is 11.7 Å². The van der Waals surface area contributed by atoms with E-state index in [1.807, 2.05) is 13.8 Å². The van der Waals surface area contributed by atoms with E-state index in [0.29, 0.717) is 11.0 Å². The van der Waals surface area contributed by atoms with Gasteiger partial charge < -0.3 is 9.84 Å². The first-order valence-electron chi connectivity index (χ1n) is 5.72. The zero-order chi connectivity index (χ0) is 14.6. The first-order chi connectivity index (χ1) is 8.88. The minimum Gasteiger partial charge on any atom is -0.481 e. The Balaban J connectivity index is 3.11. The standard InChI is InChI=1S/C11H17N3O4S/c1-6(2)9(10(17)18-4)14-7(3)12-13-11(14)19-5-8(15)16/h6,9H,5H2,1-4H3,(H,15,16). The first kappa shape index (κ1) is 15.5. The van der Waals surface area contributed by atoms with Gasteiger partial charge in [0.05, 0.1) is 12.9 Å². The van der Waals surface area contributed by atoms with Crippen LogP contribution in [0, 0.1) is 12.8 Å². The highest BCUT2D eigenvalue weighted by molar-refractivity contribution is 7.99. The van der Waals surface area contributed by atoms with Crippen LogP contribution in [0.3, 0.4) is 0 Å². The summed E-state index contributed by atoms with van der Waals surface area (Å²) in [5.74, 6) is -0.945. The second-order valence-corrected chi connectivity index (χ2v) is 5.24. The highest BCUT2D eigenvalue weighted by atomic mass is 32.2. The number of nitrogens with zero attached hydrogens (tertiary/aromatic N) is 3. The summed E-state index contributed by atoms with van der Waals surface area (Å²) in [4.78, 5) is 22.5. The number of carbonyl (C=O) groups excluding carboxylic acids is 1. The maximum absolute atomic E-state index is 11.9. The largest absolute Gasteiger partial charge is 0.481 e. The molecule has 1 atom stereocenters. The molecule has 0 saturated heterocycles. The van der Waals surface area contributed by atoms with Crippen molar-refractivity contribution in [2.24, 2.45) is 5.92 Å². The maximum atomic E-state index is 11.9. The van der Waals surface area contributed by atoms with Gasteiger partial charge in [0, 0.05) is 0 Å². The predicted octanol–water partition coefficient (Wildman–Crippen LogP) is 1.13. The number of thioether (sulfide) groups is 1. The number of hydrogen-bond donors (Lipinski definition) is 1. The number of aromatic nitrogens is 3. The monoisotopic (exact) mass is 287 g/mol. The second-order valence-electron chi connectivity index (χ2n) is 4.29. The van der Waals surface area contributed by atoms with E-state index in [1.165, 1.54) is 7.11 Å². The molecule has 0 aliphatic rings.